The van der Waals surface area contributed by atoms with Crippen molar-refractivity contribution in [2.75, 3.05) is 18.9 Å². The molecule has 0 spiro atoms. The van der Waals surface area contributed by atoms with E-state index in [4.69, 9.17) is 0 Å². The van der Waals surface area contributed by atoms with Gasteiger partial charge in [-0.3, -0.25) is 0 Å². The van der Waals surface area contributed by atoms with Gasteiger partial charge in [-0.15, -0.1) is 0 Å². The highest BCUT2D eigenvalue weighted by Gasteiger charge is 2.11. The molecule has 0 saturated heterocycles. The highest BCUT2D eigenvalue weighted by molar-refractivity contribution is 7.89. The van der Waals surface area contributed by atoms with Crippen molar-refractivity contribution in [2.24, 2.45) is 5.41 Å². The number of hydrogen-bond donors (Lipinski definition) is 2. The van der Waals surface area contributed by atoms with Gasteiger partial charge in [0.05, 0.1) is 4.90 Å². The molecule has 0 saturated carbocycles. The lowest BCUT2D eigenvalue weighted by Gasteiger charge is -2.18. The van der Waals surface area contributed by atoms with Crippen molar-refractivity contribution < 1.29 is 8.42 Å². The molecule has 0 aliphatic carbocycles. The molecular formula is C13H22N2O2S. The number of anilines is 1. The summed E-state index contributed by atoms with van der Waals surface area (Å²) in [7, 11) is -1.93. The van der Waals surface area contributed by atoms with Gasteiger partial charge in [-0.25, -0.2) is 13.1 Å². The Morgan fingerprint density at radius 1 is 1.11 bits per heavy atom. The molecule has 1 aromatic carbocycles. The predicted octanol–water partition coefficient (Wildman–Crippen LogP) is 2.44. The molecule has 102 valence electrons. The summed E-state index contributed by atoms with van der Waals surface area (Å²) in [4.78, 5) is 0.284. The first-order valence-corrected chi connectivity index (χ1v) is 7.50. The second kappa shape index (κ2) is 5.71. The minimum Gasteiger partial charge on any atom is -0.385 e. The van der Waals surface area contributed by atoms with Gasteiger partial charge >= 0.3 is 0 Å². The van der Waals surface area contributed by atoms with E-state index >= 15 is 0 Å². The molecule has 0 aliphatic heterocycles. The average molecular weight is 270 g/mol. The standard InChI is InChI=1S/C13H22N2O2S/c1-13(2,3)9-10-15-11-5-7-12(8-6-11)18(16,17)14-4/h5-8,14-15H,9-10H2,1-4H3. The van der Waals surface area contributed by atoms with E-state index in [1.165, 1.54) is 7.05 Å². The molecule has 0 amide bonds. The topological polar surface area (TPSA) is 58.2 Å². The van der Waals surface area contributed by atoms with Gasteiger partial charge in [0.2, 0.25) is 10.0 Å². The van der Waals surface area contributed by atoms with Gasteiger partial charge < -0.3 is 5.32 Å². The van der Waals surface area contributed by atoms with Crippen LogP contribution in [-0.4, -0.2) is 22.0 Å². The van der Waals surface area contributed by atoms with Crippen molar-refractivity contribution in [1.29, 1.82) is 0 Å². The summed E-state index contributed by atoms with van der Waals surface area (Å²) in [6.07, 6.45) is 1.06. The van der Waals surface area contributed by atoms with E-state index < -0.39 is 10.0 Å². The molecule has 4 nitrogen and oxygen atoms in total. The minimum atomic E-state index is -3.34. The molecule has 5 heteroatoms. The Balaban J connectivity index is 2.62. The number of hydrogen-bond acceptors (Lipinski definition) is 3. The lowest BCUT2D eigenvalue weighted by atomic mass is 9.92. The molecule has 0 unspecified atom stereocenters. The summed E-state index contributed by atoms with van der Waals surface area (Å²) in [5.41, 5.74) is 1.23. The van der Waals surface area contributed by atoms with Crippen molar-refractivity contribution in [3.05, 3.63) is 24.3 Å². The van der Waals surface area contributed by atoms with Gasteiger partial charge in [-0.1, -0.05) is 20.8 Å². The Morgan fingerprint density at radius 2 is 1.67 bits per heavy atom. The van der Waals surface area contributed by atoms with Crippen LogP contribution in [0.25, 0.3) is 0 Å². The summed E-state index contributed by atoms with van der Waals surface area (Å²) in [6, 6.07) is 6.77. The van der Waals surface area contributed by atoms with Gasteiger partial charge in [-0.2, -0.15) is 0 Å². The maximum Gasteiger partial charge on any atom is 0.240 e. The number of sulfonamides is 1. The van der Waals surface area contributed by atoms with Crippen LogP contribution >= 0.6 is 0 Å². The van der Waals surface area contributed by atoms with Gasteiger partial charge in [0, 0.05) is 12.2 Å². The zero-order chi connectivity index (χ0) is 13.8. The van der Waals surface area contributed by atoms with Gasteiger partial charge in [0.1, 0.15) is 0 Å². The molecule has 0 radical (unpaired) electrons. The molecule has 1 rings (SSSR count). The average Bonchev–Trinajstić information content (AvgIpc) is 2.28. The maximum absolute atomic E-state index is 11.5. The third-order valence-corrected chi connectivity index (χ3v) is 4.07. The second-order valence-corrected chi connectivity index (χ2v) is 7.36. The van der Waals surface area contributed by atoms with Crippen molar-refractivity contribution in [3.63, 3.8) is 0 Å². The van der Waals surface area contributed by atoms with Crippen molar-refractivity contribution in [1.82, 2.24) is 4.72 Å². The Kier molecular flexibility index (Phi) is 4.76. The van der Waals surface area contributed by atoms with Crippen LogP contribution in [0.15, 0.2) is 29.2 Å². The predicted molar refractivity (Wildman–Crippen MR) is 75.2 cm³/mol. The number of benzene rings is 1. The van der Waals surface area contributed by atoms with E-state index in [0.29, 0.717) is 5.41 Å². The fraction of sp³-hybridized carbons (Fsp3) is 0.538. The molecule has 0 fully saturated rings. The van der Waals surface area contributed by atoms with Gasteiger partial charge in [0.25, 0.3) is 0 Å². The van der Waals surface area contributed by atoms with E-state index in [1.807, 2.05) is 0 Å². The quantitative estimate of drug-likeness (QED) is 0.864. The molecule has 2 N–H and O–H groups in total. The molecular weight excluding hydrogens is 248 g/mol. The van der Waals surface area contributed by atoms with E-state index in [9.17, 15) is 8.42 Å². The monoisotopic (exact) mass is 270 g/mol. The first kappa shape index (κ1) is 15.0. The third-order valence-electron chi connectivity index (χ3n) is 2.64. The highest BCUT2D eigenvalue weighted by atomic mass is 32.2. The van der Waals surface area contributed by atoms with Gasteiger partial charge in [-0.05, 0) is 43.1 Å². The first-order valence-electron chi connectivity index (χ1n) is 6.02. The van der Waals surface area contributed by atoms with Crippen molar-refractivity contribution in [2.45, 2.75) is 32.1 Å². The summed E-state index contributed by atoms with van der Waals surface area (Å²) in [5.74, 6) is 0. The van der Waals surface area contributed by atoms with Crippen LogP contribution in [0, 0.1) is 5.41 Å². The molecule has 18 heavy (non-hydrogen) atoms. The third kappa shape index (κ3) is 4.66. The molecule has 1 aromatic rings. The zero-order valence-corrected chi connectivity index (χ0v) is 12.3. The lowest BCUT2D eigenvalue weighted by Crippen LogP contribution is -2.18. The molecule has 0 heterocycles. The zero-order valence-electron chi connectivity index (χ0n) is 11.4. The van der Waals surface area contributed by atoms with Crippen LogP contribution < -0.4 is 10.0 Å². The van der Waals surface area contributed by atoms with E-state index in [-0.39, 0.29) is 4.90 Å². The number of nitrogens with one attached hydrogen (secondary N) is 2. The summed E-state index contributed by atoms with van der Waals surface area (Å²) in [5, 5.41) is 3.28. The minimum absolute atomic E-state index is 0.284. The van der Waals surface area contributed by atoms with Crippen LogP contribution in [0.2, 0.25) is 0 Å². The van der Waals surface area contributed by atoms with Crippen LogP contribution in [0.5, 0.6) is 0 Å². The maximum atomic E-state index is 11.5. The summed E-state index contributed by atoms with van der Waals surface area (Å²) < 4.78 is 25.3. The summed E-state index contributed by atoms with van der Waals surface area (Å²) in [6.45, 7) is 7.45. The first-order chi connectivity index (χ1) is 8.24. The second-order valence-electron chi connectivity index (χ2n) is 5.47. The SMILES string of the molecule is CNS(=O)(=O)c1ccc(NCCC(C)(C)C)cc1. The Morgan fingerprint density at radius 3 is 2.11 bits per heavy atom. The normalized spacial score (nSPS) is 12.4. The molecule has 0 atom stereocenters. The lowest BCUT2D eigenvalue weighted by molar-refractivity contribution is 0.390. The Hall–Kier alpha value is -1.07. The largest absolute Gasteiger partial charge is 0.385 e. The molecule has 0 bridgehead atoms. The van der Waals surface area contributed by atoms with Crippen LogP contribution in [0.4, 0.5) is 5.69 Å². The van der Waals surface area contributed by atoms with Crippen LogP contribution in [0.1, 0.15) is 27.2 Å². The molecule has 0 aromatic heterocycles. The number of rotatable bonds is 5. The van der Waals surface area contributed by atoms with E-state index in [2.05, 4.69) is 30.8 Å². The van der Waals surface area contributed by atoms with E-state index in [1.54, 1.807) is 24.3 Å². The van der Waals surface area contributed by atoms with Crippen LogP contribution in [-0.2, 0) is 10.0 Å². The molecule has 0 aliphatic rings. The van der Waals surface area contributed by atoms with Crippen molar-refractivity contribution in [3.8, 4) is 0 Å². The van der Waals surface area contributed by atoms with E-state index in [0.717, 1.165) is 18.7 Å². The van der Waals surface area contributed by atoms with Crippen molar-refractivity contribution >= 4 is 15.7 Å². The highest BCUT2D eigenvalue weighted by Crippen LogP contribution is 2.19. The fourth-order valence-corrected chi connectivity index (χ4v) is 2.18. The Labute approximate surface area is 110 Å². The smallest absolute Gasteiger partial charge is 0.240 e. The van der Waals surface area contributed by atoms with Gasteiger partial charge in [0.15, 0.2) is 0 Å². The van der Waals surface area contributed by atoms with Crippen LogP contribution in [0.3, 0.4) is 0 Å². The summed E-state index contributed by atoms with van der Waals surface area (Å²) >= 11 is 0. The fourth-order valence-electron chi connectivity index (χ4n) is 1.45. The Bertz CT molecular complexity index is 473.